The van der Waals surface area contributed by atoms with Gasteiger partial charge in [-0.2, -0.15) is 4.31 Å². The van der Waals surface area contributed by atoms with Gasteiger partial charge in [-0.15, -0.1) is 0 Å². The molecule has 1 fully saturated rings. The topological polar surface area (TPSA) is 57.7 Å². The van der Waals surface area contributed by atoms with Crippen molar-refractivity contribution in [3.8, 4) is 0 Å². The van der Waals surface area contributed by atoms with Crippen molar-refractivity contribution in [2.45, 2.75) is 18.7 Å². The predicted molar refractivity (Wildman–Crippen MR) is 102 cm³/mol. The second-order valence-corrected chi connectivity index (χ2v) is 8.74. The number of carbonyl (C=O) groups is 1. The van der Waals surface area contributed by atoms with E-state index in [-0.39, 0.29) is 18.1 Å². The van der Waals surface area contributed by atoms with Crippen LogP contribution in [0.4, 0.5) is 4.39 Å². The van der Waals surface area contributed by atoms with Crippen molar-refractivity contribution in [3.63, 3.8) is 0 Å². The lowest BCUT2D eigenvalue weighted by Gasteiger charge is -2.33. The third-order valence-electron chi connectivity index (χ3n) is 4.89. The third-order valence-corrected chi connectivity index (χ3v) is 6.95. The largest absolute Gasteiger partial charge is 0.293 e. The summed E-state index contributed by atoms with van der Waals surface area (Å²) < 4.78 is 40.5. The molecule has 3 rings (SSSR count). The molecule has 0 unspecified atom stereocenters. The Labute approximate surface area is 159 Å². The fraction of sp³-hybridized carbons (Fsp3) is 0.350. The molecule has 1 aliphatic heterocycles. The molecule has 1 saturated heterocycles. The first-order chi connectivity index (χ1) is 12.8. The standard InChI is InChI=1S/C20H23FN2O3S/c1-15-5-3-4-6-20(15)27(25,26)23-11-9-22(10-12-23)14-19(24)17-7-8-18(21)16(2)13-17/h3-8,13H,9-12,14H2,1-2H3. The highest BCUT2D eigenvalue weighted by atomic mass is 32.2. The van der Waals surface area contributed by atoms with Gasteiger partial charge in [-0.1, -0.05) is 18.2 Å². The lowest BCUT2D eigenvalue weighted by Crippen LogP contribution is -2.49. The number of rotatable bonds is 5. The fourth-order valence-electron chi connectivity index (χ4n) is 3.23. The zero-order chi connectivity index (χ0) is 19.6. The number of halogens is 1. The second-order valence-electron chi connectivity index (χ2n) is 6.83. The first-order valence-electron chi connectivity index (χ1n) is 8.86. The summed E-state index contributed by atoms with van der Waals surface area (Å²) in [4.78, 5) is 14.7. The SMILES string of the molecule is Cc1cc(C(=O)CN2CCN(S(=O)(=O)c3ccccc3C)CC2)ccc1F. The molecule has 0 aromatic heterocycles. The van der Waals surface area contributed by atoms with Crippen LogP contribution in [0.2, 0.25) is 0 Å². The number of hydrogen-bond donors (Lipinski definition) is 0. The Bertz CT molecular complexity index is 951. The molecule has 0 saturated carbocycles. The normalized spacial score (nSPS) is 16.4. The van der Waals surface area contributed by atoms with Gasteiger partial charge < -0.3 is 0 Å². The number of hydrogen-bond acceptors (Lipinski definition) is 4. The van der Waals surface area contributed by atoms with Crippen molar-refractivity contribution in [1.82, 2.24) is 9.21 Å². The van der Waals surface area contributed by atoms with Crippen molar-refractivity contribution in [2.24, 2.45) is 0 Å². The zero-order valence-electron chi connectivity index (χ0n) is 15.5. The van der Waals surface area contributed by atoms with E-state index < -0.39 is 10.0 Å². The van der Waals surface area contributed by atoms with Crippen molar-refractivity contribution < 1.29 is 17.6 Å². The van der Waals surface area contributed by atoms with E-state index in [1.165, 1.54) is 16.4 Å². The van der Waals surface area contributed by atoms with Gasteiger partial charge >= 0.3 is 0 Å². The van der Waals surface area contributed by atoms with Gasteiger partial charge in [-0.25, -0.2) is 12.8 Å². The highest BCUT2D eigenvalue weighted by Crippen LogP contribution is 2.21. The van der Waals surface area contributed by atoms with E-state index in [0.717, 1.165) is 5.56 Å². The Morgan fingerprint density at radius 1 is 1.00 bits per heavy atom. The van der Waals surface area contributed by atoms with Gasteiger partial charge in [0.15, 0.2) is 5.78 Å². The number of Topliss-reactive ketones (excluding diaryl/α,β-unsaturated/α-hetero) is 1. The van der Waals surface area contributed by atoms with Gasteiger partial charge in [-0.05, 0) is 49.2 Å². The summed E-state index contributed by atoms with van der Waals surface area (Å²) in [7, 11) is -3.53. The number of carbonyl (C=O) groups excluding carboxylic acids is 1. The molecule has 0 N–H and O–H groups in total. The van der Waals surface area contributed by atoms with E-state index >= 15 is 0 Å². The van der Waals surface area contributed by atoms with Crippen molar-refractivity contribution in [2.75, 3.05) is 32.7 Å². The minimum absolute atomic E-state index is 0.0895. The number of sulfonamides is 1. The summed E-state index contributed by atoms with van der Waals surface area (Å²) in [6.45, 7) is 5.25. The Hall–Kier alpha value is -2.09. The molecular formula is C20H23FN2O3S. The Morgan fingerprint density at radius 3 is 2.30 bits per heavy atom. The third kappa shape index (κ3) is 4.26. The molecule has 0 atom stereocenters. The maximum Gasteiger partial charge on any atom is 0.243 e. The van der Waals surface area contributed by atoms with Gasteiger partial charge in [0.25, 0.3) is 0 Å². The quantitative estimate of drug-likeness (QED) is 0.737. The Kier molecular flexibility index (Phi) is 5.74. The number of piperazine rings is 1. The lowest BCUT2D eigenvalue weighted by molar-refractivity contribution is 0.0901. The zero-order valence-corrected chi connectivity index (χ0v) is 16.3. The van der Waals surface area contributed by atoms with Crippen molar-refractivity contribution >= 4 is 15.8 Å². The molecule has 0 radical (unpaired) electrons. The first-order valence-corrected chi connectivity index (χ1v) is 10.3. The van der Waals surface area contributed by atoms with Crippen LogP contribution in [0, 0.1) is 19.7 Å². The van der Waals surface area contributed by atoms with E-state index in [9.17, 15) is 17.6 Å². The maximum atomic E-state index is 13.4. The average molecular weight is 390 g/mol. The molecular weight excluding hydrogens is 367 g/mol. The molecule has 2 aromatic rings. The minimum atomic E-state index is -3.53. The number of aryl methyl sites for hydroxylation is 2. The molecule has 7 heteroatoms. The van der Waals surface area contributed by atoms with Crippen LogP contribution >= 0.6 is 0 Å². The molecule has 144 valence electrons. The monoisotopic (exact) mass is 390 g/mol. The summed E-state index contributed by atoms with van der Waals surface area (Å²) in [6.07, 6.45) is 0. The van der Waals surface area contributed by atoms with Crippen LogP contribution < -0.4 is 0 Å². The summed E-state index contributed by atoms with van der Waals surface area (Å²) in [6, 6.07) is 11.3. The van der Waals surface area contributed by atoms with Gasteiger partial charge in [-0.3, -0.25) is 9.69 Å². The second kappa shape index (κ2) is 7.88. The molecule has 0 aliphatic carbocycles. The molecule has 1 heterocycles. The van der Waals surface area contributed by atoms with E-state index in [0.29, 0.717) is 42.2 Å². The molecule has 5 nitrogen and oxygen atoms in total. The summed E-state index contributed by atoms with van der Waals surface area (Å²) in [5.41, 5.74) is 1.64. The highest BCUT2D eigenvalue weighted by molar-refractivity contribution is 7.89. The van der Waals surface area contributed by atoms with Crippen LogP contribution in [0.25, 0.3) is 0 Å². The smallest absolute Gasteiger partial charge is 0.243 e. The van der Waals surface area contributed by atoms with Gasteiger partial charge in [0, 0.05) is 31.7 Å². The van der Waals surface area contributed by atoms with Gasteiger partial charge in [0.05, 0.1) is 11.4 Å². The Balaban J connectivity index is 1.62. The van der Waals surface area contributed by atoms with Crippen molar-refractivity contribution in [3.05, 3.63) is 65.0 Å². The van der Waals surface area contributed by atoms with Crippen LogP contribution in [0.3, 0.4) is 0 Å². The van der Waals surface area contributed by atoms with Gasteiger partial charge in [0.2, 0.25) is 10.0 Å². The van der Waals surface area contributed by atoms with E-state index in [1.807, 2.05) is 11.0 Å². The number of nitrogens with zero attached hydrogens (tertiary/aromatic N) is 2. The van der Waals surface area contributed by atoms with E-state index in [4.69, 9.17) is 0 Å². The minimum Gasteiger partial charge on any atom is -0.293 e. The molecule has 0 bridgehead atoms. The highest BCUT2D eigenvalue weighted by Gasteiger charge is 2.30. The van der Waals surface area contributed by atoms with Crippen LogP contribution in [0.1, 0.15) is 21.5 Å². The number of benzene rings is 2. The van der Waals surface area contributed by atoms with Gasteiger partial charge in [0.1, 0.15) is 5.82 Å². The lowest BCUT2D eigenvalue weighted by atomic mass is 10.1. The van der Waals surface area contributed by atoms with Crippen LogP contribution in [-0.4, -0.2) is 56.1 Å². The Morgan fingerprint density at radius 2 is 1.67 bits per heavy atom. The van der Waals surface area contributed by atoms with Crippen LogP contribution in [0.5, 0.6) is 0 Å². The fourth-order valence-corrected chi connectivity index (χ4v) is 4.87. The number of ketones is 1. The molecule has 0 amide bonds. The first kappa shape index (κ1) is 19.7. The molecule has 27 heavy (non-hydrogen) atoms. The maximum absolute atomic E-state index is 13.4. The van der Waals surface area contributed by atoms with E-state index in [1.54, 1.807) is 38.1 Å². The summed E-state index contributed by atoms with van der Waals surface area (Å²) in [5, 5.41) is 0. The van der Waals surface area contributed by atoms with E-state index in [2.05, 4.69) is 0 Å². The van der Waals surface area contributed by atoms with Crippen LogP contribution in [0.15, 0.2) is 47.4 Å². The molecule has 2 aromatic carbocycles. The molecule has 1 aliphatic rings. The summed E-state index contributed by atoms with van der Waals surface area (Å²) >= 11 is 0. The van der Waals surface area contributed by atoms with Crippen LogP contribution in [-0.2, 0) is 10.0 Å². The summed E-state index contributed by atoms with van der Waals surface area (Å²) in [5.74, 6) is -0.421. The molecule has 0 spiro atoms. The predicted octanol–water partition coefficient (Wildman–Crippen LogP) is 2.63. The average Bonchev–Trinajstić information content (AvgIpc) is 2.64. The van der Waals surface area contributed by atoms with Crippen molar-refractivity contribution in [1.29, 1.82) is 0 Å².